The Balaban J connectivity index is 2.21. The number of nitrogens with one attached hydrogen (secondary N) is 1. The molecule has 0 fully saturated rings. The molecule has 0 saturated heterocycles. The third kappa shape index (κ3) is 2.65. The lowest BCUT2D eigenvalue weighted by Gasteiger charge is -2.10. The number of hydrogen-bond donors (Lipinski definition) is 1. The Hall–Kier alpha value is -2.84. The number of para-hydroxylation sites is 1. The Morgan fingerprint density at radius 2 is 2.09 bits per heavy atom. The minimum Gasteiger partial charge on any atom is -0.478 e. The molecule has 22 heavy (non-hydrogen) atoms. The highest BCUT2D eigenvalue weighted by Gasteiger charge is 2.12. The summed E-state index contributed by atoms with van der Waals surface area (Å²) in [6.45, 7) is -0.105. The van der Waals surface area contributed by atoms with Crippen molar-refractivity contribution in [3.8, 4) is 23.2 Å². The van der Waals surface area contributed by atoms with Crippen LogP contribution in [0.1, 0.15) is 0 Å². The van der Waals surface area contributed by atoms with Gasteiger partial charge in [0.15, 0.2) is 6.61 Å². The van der Waals surface area contributed by atoms with Crippen LogP contribution in [0, 0.1) is 11.3 Å². The van der Waals surface area contributed by atoms with Gasteiger partial charge in [-0.1, -0.05) is 23.7 Å². The molecule has 1 heterocycles. The van der Waals surface area contributed by atoms with Crippen molar-refractivity contribution in [2.75, 3.05) is 6.61 Å². The van der Waals surface area contributed by atoms with E-state index in [-0.39, 0.29) is 12.2 Å². The van der Waals surface area contributed by atoms with E-state index in [1.807, 2.05) is 12.1 Å². The summed E-state index contributed by atoms with van der Waals surface area (Å²) in [4.78, 5) is 19.3. The number of ether oxygens (including phenoxy) is 1. The molecule has 0 aliphatic heterocycles. The third-order valence-electron chi connectivity index (χ3n) is 3.10. The Morgan fingerprint density at radius 1 is 1.27 bits per heavy atom. The molecule has 5 nitrogen and oxygen atoms in total. The van der Waals surface area contributed by atoms with Crippen molar-refractivity contribution in [2.24, 2.45) is 0 Å². The number of halogens is 1. The second-order valence-electron chi connectivity index (χ2n) is 4.52. The first kappa shape index (κ1) is 14.1. The summed E-state index contributed by atoms with van der Waals surface area (Å²) in [5.74, 6) is 0.781. The highest BCUT2D eigenvalue weighted by atomic mass is 35.5. The number of nitrogens with zero attached hydrogens (tertiary/aromatic N) is 2. The zero-order valence-electron chi connectivity index (χ0n) is 11.3. The maximum Gasteiger partial charge on any atom is 0.259 e. The summed E-state index contributed by atoms with van der Waals surface area (Å²) in [5, 5.41) is 9.64. The SMILES string of the molecule is N#CCOc1ccc(Cl)cc1-c1nc2ccccc2c(=O)[nH]1. The standard InChI is InChI=1S/C16H10ClN3O2/c17-10-5-6-14(22-8-7-18)12(9-10)15-19-13-4-2-1-3-11(13)16(21)20-15/h1-6,9H,8H2,(H,19,20,21). The molecular weight excluding hydrogens is 302 g/mol. The van der Waals surface area contributed by atoms with Crippen molar-refractivity contribution in [1.29, 1.82) is 5.26 Å². The van der Waals surface area contributed by atoms with E-state index in [0.717, 1.165) is 0 Å². The lowest BCUT2D eigenvalue weighted by molar-refractivity contribution is 0.369. The fourth-order valence-electron chi connectivity index (χ4n) is 2.14. The van der Waals surface area contributed by atoms with E-state index in [1.54, 1.807) is 36.4 Å². The topological polar surface area (TPSA) is 78.8 Å². The number of aromatic nitrogens is 2. The molecule has 0 amide bonds. The number of rotatable bonds is 3. The van der Waals surface area contributed by atoms with Gasteiger partial charge in [0.2, 0.25) is 0 Å². The van der Waals surface area contributed by atoms with E-state index in [4.69, 9.17) is 21.6 Å². The molecular formula is C16H10ClN3O2. The fraction of sp³-hybridized carbons (Fsp3) is 0.0625. The molecule has 0 bridgehead atoms. The Bertz CT molecular complexity index is 944. The normalized spacial score (nSPS) is 10.4. The molecule has 0 radical (unpaired) electrons. The van der Waals surface area contributed by atoms with Crippen molar-refractivity contribution < 1.29 is 4.74 Å². The Labute approximate surface area is 130 Å². The van der Waals surface area contributed by atoms with Crippen LogP contribution in [0.5, 0.6) is 5.75 Å². The first-order chi connectivity index (χ1) is 10.7. The molecule has 0 aliphatic carbocycles. The minimum atomic E-state index is -0.244. The van der Waals surface area contributed by atoms with Crippen LogP contribution in [0.2, 0.25) is 5.02 Å². The molecule has 3 rings (SSSR count). The molecule has 1 aromatic heterocycles. The summed E-state index contributed by atoms with van der Waals surface area (Å²) in [6, 6.07) is 13.9. The summed E-state index contributed by atoms with van der Waals surface area (Å²) >= 11 is 6.02. The Kier molecular flexibility index (Phi) is 3.77. The predicted molar refractivity (Wildman–Crippen MR) is 83.9 cm³/mol. The maximum atomic E-state index is 12.2. The van der Waals surface area contributed by atoms with Gasteiger partial charge >= 0.3 is 0 Å². The van der Waals surface area contributed by atoms with Crippen LogP contribution in [0.3, 0.4) is 0 Å². The smallest absolute Gasteiger partial charge is 0.259 e. The summed E-state index contributed by atoms with van der Waals surface area (Å²) in [7, 11) is 0. The molecule has 0 unspecified atom stereocenters. The van der Waals surface area contributed by atoms with Crippen LogP contribution in [-0.2, 0) is 0 Å². The average Bonchev–Trinajstić information content (AvgIpc) is 2.53. The molecule has 0 atom stereocenters. The van der Waals surface area contributed by atoms with Crippen LogP contribution in [0.4, 0.5) is 0 Å². The molecule has 6 heteroatoms. The molecule has 108 valence electrons. The van der Waals surface area contributed by atoms with E-state index >= 15 is 0 Å². The van der Waals surface area contributed by atoms with E-state index in [9.17, 15) is 4.79 Å². The van der Waals surface area contributed by atoms with Crippen molar-refractivity contribution in [1.82, 2.24) is 9.97 Å². The number of benzene rings is 2. The zero-order valence-corrected chi connectivity index (χ0v) is 12.1. The number of H-pyrrole nitrogens is 1. The predicted octanol–water partition coefficient (Wildman–Crippen LogP) is 3.15. The van der Waals surface area contributed by atoms with E-state index in [1.165, 1.54) is 0 Å². The fourth-order valence-corrected chi connectivity index (χ4v) is 2.31. The zero-order chi connectivity index (χ0) is 15.5. The molecule has 3 aromatic rings. The number of nitriles is 1. The van der Waals surface area contributed by atoms with Crippen molar-refractivity contribution >= 4 is 22.5 Å². The average molecular weight is 312 g/mol. The minimum absolute atomic E-state index is 0.105. The van der Waals surface area contributed by atoms with Crippen molar-refractivity contribution in [3.63, 3.8) is 0 Å². The summed E-state index contributed by atoms with van der Waals surface area (Å²) in [5.41, 5.74) is 0.866. The van der Waals surface area contributed by atoms with Crippen molar-refractivity contribution in [3.05, 3.63) is 57.8 Å². The number of fused-ring (bicyclic) bond motifs is 1. The quantitative estimate of drug-likeness (QED) is 0.806. The third-order valence-corrected chi connectivity index (χ3v) is 3.34. The first-order valence-electron chi connectivity index (χ1n) is 6.48. The second kappa shape index (κ2) is 5.88. The van der Waals surface area contributed by atoms with Crippen LogP contribution in [0.15, 0.2) is 47.3 Å². The lowest BCUT2D eigenvalue weighted by atomic mass is 10.1. The molecule has 0 aliphatic rings. The van der Waals surface area contributed by atoms with Crippen LogP contribution < -0.4 is 10.3 Å². The molecule has 2 aromatic carbocycles. The monoisotopic (exact) mass is 311 g/mol. The number of hydrogen-bond acceptors (Lipinski definition) is 4. The van der Waals surface area contributed by atoms with Gasteiger partial charge in [-0.25, -0.2) is 4.98 Å². The largest absolute Gasteiger partial charge is 0.478 e. The van der Waals surface area contributed by atoms with Gasteiger partial charge in [-0.3, -0.25) is 4.79 Å². The van der Waals surface area contributed by atoms with Gasteiger partial charge < -0.3 is 9.72 Å². The van der Waals surface area contributed by atoms with Gasteiger partial charge in [-0.15, -0.1) is 0 Å². The van der Waals surface area contributed by atoms with Gasteiger partial charge in [-0.2, -0.15) is 5.26 Å². The van der Waals surface area contributed by atoms with E-state index in [0.29, 0.717) is 33.1 Å². The van der Waals surface area contributed by atoms with Gasteiger partial charge in [0, 0.05) is 5.02 Å². The summed E-state index contributed by atoms with van der Waals surface area (Å²) in [6.07, 6.45) is 0. The molecule has 1 N–H and O–H groups in total. The lowest BCUT2D eigenvalue weighted by Crippen LogP contribution is -2.10. The number of aromatic amines is 1. The van der Waals surface area contributed by atoms with Gasteiger partial charge in [-0.05, 0) is 30.3 Å². The first-order valence-corrected chi connectivity index (χ1v) is 6.85. The van der Waals surface area contributed by atoms with Crippen LogP contribution >= 0.6 is 11.6 Å². The van der Waals surface area contributed by atoms with Gasteiger partial charge in [0.1, 0.15) is 17.6 Å². The van der Waals surface area contributed by atoms with E-state index in [2.05, 4.69) is 9.97 Å². The highest BCUT2D eigenvalue weighted by molar-refractivity contribution is 6.30. The van der Waals surface area contributed by atoms with Gasteiger partial charge in [0.25, 0.3) is 5.56 Å². The summed E-state index contributed by atoms with van der Waals surface area (Å²) < 4.78 is 5.37. The molecule has 0 saturated carbocycles. The highest BCUT2D eigenvalue weighted by Crippen LogP contribution is 2.30. The van der Waals surface area contributed by atoms with E-state index < -0.39 is 0 Å². The van der Waals surface area contributed by atoms with Crippen molar-refractivity contribution in [2.45, 2.75) is 0 Å². The van der Waals surface area contributed by atoms with Gasteiger partial charge in [0.05, 0.1) is 16.5 Å². The second-order valence-corrected chi connectivity index (χ2v) is 4.96. The molecule has 0 spiro atoms. The maximum absolute atomic E-state index is 12.2. The van der Waals surface area contributed by atoms with Crippen LogP contribution in [-0.4, -0.2) is 16.6 Å². The van der Waals surface area contributed by atoms with Crippen LogP contribution in [0.25, 0.3) is 22.3 Å². The Morgan fingerprint density at radius 3 is 2.91 bits per heavy atom.